The van der Waals surface area contributed by atoms with Crippen LogP contribution in [0.1, 0.15) is 6.23 Å². The van der Waals surface area contributed by atoms with Crippen LogP contribution in [0.4, 0.5) is 14.6 Å². The third-order valence-corrected chi connectivity index (χ3v) is 9.26. The summed E-state index contributed by atoms with van der Waals surface area (Å²) in [5, 5.41) is 0. The summed E-state index contributed by atoms with van der Waals surface area (Å²) in [5.74, 6) is -0.705. The molecular formula is C20H21F2N10O10PS. The largest absolute Gasteiger partial charge is 0.472 e. The molecule has 2 unspecified atom stereocenters. The van der Waals surface area contributed by atoms with Gasteiger partial charge >= 0.3 is 18.1 Å². The lowest BCUT2D eigenvalue weighted by molar-refractivity contribution is -0.117. The Hall–Kier alpha value is -3.41. The van der Waals surface area contributed by atoms with E-state index in [1.165, 1.54) is 0 Å². The van der Waals surface area contributed by atoms with Crippen molar-refractivity contribution >= 4 is 59.5 Å². The predicted molar refractivity (Wildman–Crippen MR) is 140 cm³/mol. The monoisotopic (exact) mass is 662 g/mol. The molecule has 10 atom stereocenters. The summed E-state index contributed by atoms with van der Waals surface area (Å²) >= 11 is 0. The van der Waals surface area contributed by atoms with Crippen molar-refractivity contribution in [2.75, 3.05) is 18.9 Å². The fourth-order valence-electron chi connectivity index (χ4n) is 5.28. The first-order valence-electron chi connectivity index (χ1n) is 12.7. The molecule has 0 bridgehead atoms. The van der Waals surface area contributed by atoms with Crippen molar-refractivity contribution in [3.63, 3.8) is 0 Å². The molecule has 3 saturated heterocycles. The van der Waals surface area contributed by atoms with Gasteiger partial charge in [0.2, 0.25) is 0 Å². The van der Waals surface area contributed by atoms with Crippen LogP contribution in [-0.2, 0) is 42.4 Å². The molecule has 2 aromatic rings. The predicted octanol–water partition coefficient (Wildman–Crippen LogP) is -1.88. The fourth-order valence-corrected chi connectivity index (χ4v) is 7.19. The highest BCUT2D eigenvalue weighted by molar-refractivity contribution is 7.84. The standard InChI is InChI=1S/C20H21F2N10O10PS/c21-9-13-7(39-19(9)32-6-29-12-17(32)26-4-27-18(12)33)1-30-44(36,37)42-14-8(2-38-43(34,35)41-13)40-20(10(14)22)31-5-28-11-15(23)24-3-25-16(11)31/h3-10,12-14,19-20,30H,1-2H2,(H,34,35)(H2,23,24,25)/t7-,8-,9-,10-,12?,13-,14-,19-,20-/m1/s1. The average molecular weight is 662 g/mol. The van der Waals surface area contributed by atoms with E-state index in [2.05, 4.69) is 29.9 Å². The molecule has 3 fully saturated rings. The normalized spacial score (nSPS) is 40.2. The molecule has 0 aliphatic carbocycles. The Balaban J connectivity index is 1.14. The van der Waals surface area contributed by atoms with Crippen LogP contribution < -0.4 is 10.5 Å². The summed E-state index contributed by atoms with van der Waals surface area (Å²) in [6.07, 6.45) is -10.3. The molecule has 0 saturated carbocycles. The van der Waals surface area contributed by atoms with Gasteiger partial charge in [-0.3, -0.25) is 28.3 Å². The van der Waals surface area contributed by atoms with Gasteiger partial charge in [-0.05, 0) is 0 Å². The number of halogens is 2. The van der Waals surface area contributed by atoms with Gasteiger partial charge in [0, 0.05) is 6.54 Å². The van der Waals surface area contributed by atoms with Crippen molar-refractivity contribution in [1.29, 1.82) is 0 Å². The number of amides is 1. The number of ether oxygens (including phenoxy) is 2. The third kappa shape index (κ3) is 4.98. The van der Waals surface area contributed by atoms with Crippen molar-refractivity contribution in [3.05, 3.63) is 12.7 Å². The molecular weight excluding hydrogens is 641 g/mol. The van der Waals surface area contributed by atoms with Crippen LogP contribution in [0.25, 0.3) is 11.2 Å². The minimum absolute atomic E-state index is 0.00885. The molecule has 7 rings (SSSR count). The number of nitrogens with zero attached hydrogens (tertiary/aromatic N) is 8. The molecule has 7 heterocycles. The maximum Gasteiger partial charge on any atom is 0.472 e. The Morgan fingerprint density at radius 1 is 1.11 bits per heavy atom. The van der Waals surface area contributed by atoms with Gasteiger partial charge in [-0.25, -0.2) is 37.5 Å². The molecule has 5 aliphatic heterocycles. The zero-order chi connectivity index (χ0) is 31.0. The van der Waals surface area contributed by atoms with Gasteiger partial charge in [-0.1, -0.05) is 0 Å². The van der Waals surface area contributed by atoms with Crippen LogP contribution in [0.5, 0.6) is 0 Å². The first kappa shape index (κ1) is 29.3. The number of alkyl halides is 2. The SMILES string of the molecule is Nc1ncnc2c1ncn2[C@@H]1O[C@@H]2COP(=O)(O)O[C@H]3[C@@H](F)[C@H](N4C=NC5C(=O)N=CN=C54)O[C@@H]3CNS(=O)(=O)O[C@H]2[C@H]1F. The highest BCUT2D eigenvalue weighted by atomic mass is 32.2. The number of hydrogen-bond donors (Lipinski definition) is 3. The summed E-state index contributed by atoms with van der Waals surface area (Å²) < 4.78 is 100. The number of fused-ring (bicyclic) bond motifs is 4. The molecule has 24 heteroatoms. The summed E-state index contributed by atoms with van der Waals surface area (Å²) in [7, 11) is -9.94. The highest BCUT2D eigenvalue weighted by Crippen LogP contribution is 2.49. The van der Waals surface area contributed by atoms with Crippen LogP contribution in [0.15, 0.2) is 27.6 Å². The molecule has 2 aromatic heterocycles. The van der Waals surface area contributed by atoms with E-state index in [0.29, 0.717) is 0 Å². The fraction of sp³-hybridized carbons (Fsp3) is 0.550. The second-order valence-corrected chi connectivity index (χ2v) is 12.7. The Labute approximate surface area is 244 Å². The van der Waals surface area contributed by atoms with E-state index < -0.39 is 92.4 Å². The Kier molecular flexibility index (Phi) is 7.06. The van der Waals surface area contributed by atoms with E-state index in [1.54, 1.807) is 0 Å². The van der Waals surface area contributed by atoms with E-state index in [9.17, 15) is 22.7 Å². The summed E-state index contributed by atoms with van der Waals surface area (Å²) in [5.41, 5.74) is 5.95. The Morgan fingerprint density at radius 2 is 1.89 bits per heavy atom. The quantitative estimate of drug-likeness (QED) is 0.298. The second-order valence-electron chi connectivity index (χ2n) is 9.94. The number of imidazole rings is 1. The van der Waals surface area contributed by atoms with Crippen molar-refractivity contribution in [3.8, 4) is 0 Å². The first-order valence-corrected chi connectivity index (χ1v) is 15.6. The minimum Gasteiger partial charge on any atom is -0.382 e. The third-order valence-electron chi connectivity index (χ3n) is 7.28. The molecule has 1 amide bonds. The number of nitrogen functional groups attached to an aromatic ring is 1. The van der Waals surface area contributed by atoms with Crippen LogP contribution in [0, 0.1) is 0 Å². The molecule has 236 valence electrons. The zero-order valence-electron chi connectivity index (χ0n) is 21.8. The van der Waals surface area contributed by atoms with Gasteiger partial charge in [0.05, 0.1) is 19.3 Å². The van der Waals surface area contributed by atoms with Gasteiger partial charge in [-0.2, -0.15) is 18.1 Å². The zero-order valence-corrected chi connectivity index (χ0v) is 23.5. The lowest BCUT2D eigenvalue weighted by Gasteiger charge is -2.26. The van der Waals surface area contributed by atoms with Gasteiger partial charge in [0.1, 0.15) is 48.4 Å². The number of nitrogens with one attached hydrogen (secondary N) is 1. The molecule has 5 aliphatic rings. The molecule has 0 aromatic carbocycles. The number of anilines is 1. The van der Waals surface area contributed by atoms with Crippen LogP contribution in [-0.4, -0.2) is 124 Å². The highest BCUT2D eigenvalue weighted by Gasteiger charge is 2.56. The summed E-state index contributed by atoms with van der Waals surface area (Å²) in [4.78, 5) is 46.8. The number of rotatable bonds is 2. The average Bonchev–Trinajstić information content (AvgIpc) is 3.73. The number of carbonyl (C=O) groups is 1. The smallest absolute Gasteiger partial charge is 0.382 e. The molecule has 4 N–H and O–H groups in total. The molecule has 20 nitrogen and oxygen atoms in total. The Morgan fingerprint density at radius 3 is 2.70 bits per heavy atom. The number of phosphoric acid groups is 1. The van der Waals surface area contributed by atoms with Crippen LogP contribution in [0.3, 0.4) is 0 Å². The maximum atomic E-state index is 15.8. The summed E-state index contributed by atoms with van der Waals surface area (Å²) in [6.45, 7) is -1.68. The van der Waals surface area contributed by atoms with Crippen molar-refractivity contribution in [2.45, 2.75) is 55.3 Å². The lowest BCUT2D eigenvalue weighted by Crippen LogP contribution is -2.47. The second kappa shape index (κ2) is 10.6. The maximum absolute atomic E-state index is 15.8. The van der Waals surface area contributed by atoms with E-state index in [0.717, 1.165) is 34.8 Å². The number of phosphoric ester groups is 1. The topological polar surface area (TPSA) is 257 Å². The summed E-state index contributed by atoms with van der Waals surface area (Å²) in [6, 6.07) is -1.15. The van der Waals surface area contributed by atoms with Crippen LogP contribution in [0.2, 0.25) is 0 Å². The van der Waals surface area contributed by atoms with Gasteiger partial charge < -0.3 is 20.1 Å². The van der Waals surface area contributed by atoms with E-state index in [-0.39, 0.29) is 22.8 Å². The van der Waals surface area contributed by atoms with E-state index in [4.69, 9.17) is 28.4 Å². The molecule has 44 heavy (non-hydrogen) atoms. The number of nitrogens with two attached hydrogens (primary N) is 1. The van der Waals surface area contributed by atoms with Gasteiger partial charge in [-0.15, -0.1) is 0 Å². The minimum atomic E-state index is -5.14. The number of hydrogen-bond acceptors (Lipinski definition) is 16. The first-order chi connectivity index (χ1) is 20.9. The Bertz CT molecular complexity index is 1760. The molecule has 0 radical (unpaired) electrons. The van der Waals surface area contributed by atoms with Crippen molar-refractivity contribution in [2.24, 2.45) is 15.0 Å². The lowest BCUT2D eigenvalue weighted by atomic mass is 10.1. The van der Waals surface area contributed by atoms with Crippen molar-refractivity contribution < 1.29 is 54.2 Å². The van der Waals surface area contributed by atoms with Gasteiger partial charge in [0.25, 0.3) is 5.91 Å². The van der Waals surface area contributed by atoms with Gasteiger partial charge in [0.15, 0.2) is 42.3 Å². The van der Waals surface area contributed by atoms with E-state index >= 15 is 8.78 Å². The number of carbonyl (C=O) groups excluding carboxylic acids is 1. The van der Waals surface area contributed by atoms with Crippen molar-refractivity contribution in [1.82, 2.24) is 29.1 Å². The van der Waals surface area contributed by atoms with E-state index in [1.807, 2.05) is 4.72 Å². The number of amidine groups is 1. The number of aliphatic imine (C=N–C) groups is 3. The number of aromatic nitrogens is 4. The van der Waals surface area contributed by atoms with Crippen LogP contribution >= 0.6 is 7.82 Å². The molecule has 0 spiro atoms.